The highest BCUT2D eigenvalue weighted by molar-refractivity contribution is 5.87. The van der Waals surface area contributed by atoms with E-state index in [4.69, 9.17) is 10.5 Å². The van der Waals surface area contributed by atoms with Gasteiger partial charge < -0.3 is 15.5 Å². The molecule has 0 saturated carbocycles. The molecule has 112 valence electrons. The number of rotatable bonds is 5. The summed E-state index contributed by atoms with van der Waals surface area (Å²) in [4.78, 5) is 22.2. The SMILES string of the molecule is CC(C)(C)COc1ncnc2[nH]cc(CC=CC(N)=O)c12. The summed E-state index contributed by atoms with van der Waals surface area (Å²) >= 11 is 0. The van der Waals surface area contributed by atoms with Crippen molar-refractivity contribution >= 4 is 16.9 Å². The minimum atomic E-state index is -0.463. The summed E-state index contributed by atoms with van der Waals surface area (Å²) in [6.07, 6.45) is 6.93. The first-order valence-electron chi connectivity index (χ1n) is 6.76. The van der Waals surface area contributed by atoms with Gasteiger partial charge in [-0.1, -0.05) is 26.8 Å². The third-order valence-corrected chi connectivity index (χ3v) is 2.78. The van der Waals surface area contributed by atoms with Gasteiger partial charge in [0.2, 0.25) is 11.8 Å². The number of amides is 1. The number of allylic oxidation sites excluding steroid dienone is 1. The molecule has 1 amide bonds. The number of nitrogens with zero attached hydrogens (tertiary/aromatic N) is 2. The Morgan fingerprint density at radius 3 is 2.86 bits per heavy atom. The minimum Gasteiger partial charge on any atom is -0.477 e. The van der Waals surface area contributed by atoms with Crippen LogP contribution in [0, 0.1) is 5.41 Å². The van der Waals surface area contributed by atoms with Gasteiger partial charge in [0, 0.05) is 6.20 Å². The van der Waals surface area contributed by atoms with Crippen molar-refractivity contribution in [3.05, 3.63) is 30.2 Å². The molecule has 0 saturated heterocycles. The molecule has 2 rings (SSSR count). The van der Waals surface area contributed by atoms with Gasteiger partial charge in [-0.05, 0) is 23.5 Å². The number of nitrogens with one attached hydrogen (secondary N) is 1. The Kier molecular flexibility index (Phi) is 4.26. The predicted octanol–water partition coefficient (Wildman–Crippen LogP) is 1.97. The Hall–Kier alpha value is -2.37. The first-order valence-corrected chi connectivity index (χ1v) is 6.76. The van der Waals surface area contributed by atoms with Crippen molar-refractivity contribution in [2.45, 2.75) is 27.2 Å². The molecule has 6 heteroatoms. The second-order valence-electron chi connectivity index (χ2n) is 6.07. The lowest BCUT2D eigenvalue weighted by atomic mass is 9.99. The molecule has 0 atom stereocenters. The molecular weight excluding hydrogens is 268 g/mol. The average Bonchev–Trinajstić information content (AvgIpc) is 2.79. The minimum absolute atomic E-state index is 0.0413. The van der Waals surface area contributed by atoms with E-state index in [2.05, 4.69) is 35.7 Å². The predicted molar refractivity (Wildman–Crippen MR) is 80.9 cm³/mol. The number of nitrogens with two attached hydrogens (primary N) is 1. The number of carbonyl (C=O) groups excluding carboxylic acids is 1. The van der Waals surface area contributed by atoms with Gasteiger partial charge in [0.25, 0.3) is 0 Å². The number of aromatic amines is 1. The van der Waals surface area contributed by atoms with Crippen molar-refractivity contribution in [1.82, 2.24) is 15.0 Å². The number of ether oxygens (including phenoxy) is 1. The van der Waals surface area contributed by atoms with E-state index in [1.54, 1.807) is 6.08 Å². The third-order valence-electron chi connectivity index (χ3n) is 2.78. The van der Waals surface area contributed by atoms with Gasteiger partial charge in [-0.25, -0.2) is 9.97 Å². The average molecular weight is 288 g/mol. The summed E-state index contributed by atoms with van der Waals surface area (Å²) in [5.74, 6) is 0.0916. The number of primary amides is 1. The van der Waals surface area contributed by atoms with E-state index in [1.807, 2.05) is 6.20 Å². The first-order chi connectivity index (χ1) is 9.87. The van der Waals surface area contributed by atoms with E-state index in [1.165, 1.54) is 12.4 Å². The molecule has 0 spiro atoms. The Morgan fingerprint density at radius 1 is 1.43 bits per heavy atom. The summed E-state index contributed by atoms with van der Waals surface area (Å²) < 4.78 is 5.82. The fraction of sp³-hybridized carbons (Fsp3) is 0.400. The van der Waals surface area contributed by atoms with Crippen LogP contribution < -0.4 is 10.5 Å². The Labute approximate surface area is 123 Å². The molecule has 0 fully saturated rings. The quantitative estimate of drug-likeness (QED) is 0.822. The van der Waals surface area contributed by atoms with Crippen LogP contribution in [-0.2, 0) is 11.2 Å². The summed E-state index contributed by atoms with van der Waals surface area (Å²) in [5, 5.41) is 0.843. The number of aromatic nitrogens is 3. The molecule has 0 aliphatic heterocycles. The van der Waals surface area contributed by atoms with Crippen LogP contribution >= 0.6 is 0 Å². The molecule has 2 aromatic heterocycles. The van der Waals surface area contributed by atoms with Gasteiger partial charge in [0.1, 0.15) is 12.0 Å². The standard InChI is InChI=1S/C15H20N4O2/c1-15(2,3)8-21-14-12-10(5-4-6-11(16)20)7-17-13(12)18-9-19-14/h4,6-7,9H,5,8H2,1-3H3,(H2,16,20)(H,17,18,19). The van der Waals surface area contributed by atoms with Crippen molar-refractivity contribution in [3.63, 3.8) is 0 Å². The van der Waals surface area contributed by atoms with Gasteiger partial charge >= 0.3 is 0 Å². The second kappa shape index (κ2) is 5.95. The maximum Gasteiger partial charge on any atom is 0.241 e. The zero-order valence-electron chi connectivity index (χ0n) is 12.5. The lowest BCUT2D eigenvalue weighted by Gasteiger charge is -2.18. The van der Waals surface area contributed by atoms with Crippen LogP contribution in [0.4, 0.5) is 0 Å². The molecule has 0 bridgehead atoms. The topological polar surface area (TPSA) is 93.9 Å². The number of fused-ring (bicyclic) bond motifs is 1. The molecule has 0 aromatic carbocycles. The molecule has 0 radical (unpaired) electrons. The maximum atomic E-state index is 10.7. The Balaban J connectivity index is 2.28. The highest BCUT2D eigenvalue weighted by Gasteiger charge is 2.15. The van der Waals surface area contributed by atoms with E-state index in [0.717, 1.165) is 16.6 Å². The van der Waals surface area contributed by atoms with Gasteiger partial charge in [0.05, 0.1) is 12.0 Å². The van der Waals surface area contributed by atoms with Crippen molar-refractivity contribution in [3.8, 4) is 5.88 Å². The molecular formula is C15H20N4O2. The Morgan fingerprint density at radius 2 is 2.19 bits per heavy atom. The summed E-state index contributed by atoms with van der Waals surface area (Å²) in [7, 11) is 0. The van der Waals surface area contributed by atoms with Gasteiger partial charge in [-0.2, -0.15) is 0 Å². The second-order valence-corrected chi connectivity index (χ2v) is 6.07. The van der Waals surface area contributed by atoms with Crippen molar-refractivity contribution in [2.75, 3.05) is 6.61 Å². The van der Waals surface area contributed by atoms with Gasteiger partial charge in [-0.3, -0.25) is 4.79 Å². The van der Waals surface area contributed by atoms with Crippen molar-refractivity contribution < 1.29 is 9.53 Å². The fourth-order valence-electron chi connectivity index (χ4n) is 1.85. The van der Waals surface area contributed by atoms with Crippen LogP contribution in [0.5, 0.6) is 5.88 Å². The largest absolute Gasteiger partial charge is 0.477 e. The molecule has 21 heavy (non-hydrogen) atoms. The van der Waals surface area contributed by atoms with Gasteiger partial charge in [-0.15, -0.1) is 0 Å². The molecule has 6 nitrogen and oxygen atoms in total. The van der Waals surface area contributed by atoms with Crippen molar-refractivity contribution in [2.24, 2.45) is 11.1 Å². The third kappa shape index (κ3) is 4.05. The Bertz CT molecular complexity index is 668. The summed E-state index contributed by atoms with van der Waals surface area (Å²) in [6.45, 7) is 6.85. The van der Waals surface area contributed by atoms with Crippen LogP contribution in [0.1, 0.15) is 26.3 Å². The zero-order valence-corrected chi connectivity index (χ0v) is 12.5. The lowest BCUT2D eigenvalue weighted by Crippen LogP contribution is -2.17. The highest BCUT2D eigenvalue weighted by atomic mass is 16.5. The molecule has 0 aliphatic carbocycles. The van der Waals surface area contributed by atoms with E-state index in [-0.39, 0.29) is 5.41 Å². The number of carbonyl (C=O) groups is 1. The van der Waals surface area contributed by atoms with E-state index >= 15 is 0 Å². The summed E-state index contributed by atoms with van der Waals surface area (Å²) in [6, 6.07) is 0. The summed E-state index contributed by atoms with van der Waals surface area (Å²) in [5.41, 5.74) is 6.81. The highest BCUT2D eigenvalue weighted by Crippen LogP contribution is 2.27. The molecule has 3 N–H and O–H groups in total. The molecule has 0 unspecified atom stereocenters. The lowest BCUT2D eigenvalue weighted by molar-refractivity contribution is -0.113. The van der Waals surface area contributed by atoms with Gasteiger partial charge in [0.15, 0.2) is 0 Å². The van der Waals surface area contributed by atoms with E-state index < -0.39 is 5.91 Å². The smallest absolute Gasteiger partial charge is 0.241 e. The number of H-pyrrole nitrogens is 1. The number of hydrogen-bond donors (Lipinski definition) is 2. The van der Waals surface area contributed by atoms with Crippen LogP contribution in [0.25, 0.3) is 11.0 Å². The van der Waals surface area contributed by atoms with Crippen molar-refractivity contribution in [1.29, 1.82) is 0 Å². The first kappa shape index (κ1) is 15.0. The van der Waals surface area contributed by atoms with Crippen LogP contribution in [0.15, 0.2) is 24.7 Å². The monoisotopic (exact) mass is 288 g/mol. The van der Waals surface area contributed by atoms with E-state index in [0.29, 0.717) is 18.9 Å². The van der Waals surface area contributed by atoms with Crippen LogP contribution in [-0.4, -0.2) is 27.5 Å². The number of hydrogen-bond acceptors (Lipinski definition) is 4. The van der Waals surface area contributed by atoms with Crippen LogP contribution in [0.3, 0.4) is 0 Å². The molecule has 0 aliphatic rings. The van der Waals surface area contributed by atoms with E-state index in [9.17, 15) is 4.79 Å². The fourth-order valence-corrected chi connectivity index (χ4v) is 1.85. The normalized spacial score (nSPS) is 12.1. The van der Waals surface area contributed by atoms with Crippen LogP contribution in [0.2, 0.25) is 0 Å². The maximum absolute atomic E-state index is 10.7. The molecule has 2 aromatic rings. The zero-order chi connectivity index (χ0) is 15.5. The molecule has 2 heterocycles.